The molecule has 0 spiro atoms. The van der Waals surface area contributed by atoms with Gasteiger partial charge in [0.1, 0.15) is 11.5 Å². The highest BCUT2D eigenvalue weighted by Gasteiger charge is 2.29. The zero-order valence-electron chi connectivity index (χ0n) is 12.7. The molecule has 5 heteroatoms. The molecule has 3 heterocycles. The predicted molar refractivity (Wildman–Crippen MR) is 83.6 cm³/mol. The fourth-order valence-corrected chi connectivity index (χ4v) is 3.42. The van der Waals surface area contributed by atoms with Crippen molar-refractivity contribution in [2.45, 2.75) is 38.1 Å². The number of imidazole rings is 1. The Kier molecular flexibility index (Phi) is 3.48. The highest BCUT2D eigenvalue weighted by molar-refractivity contribution is 5.92. The summed E-state index contributed by atoms with van der Waals surface area (Å²) in [5.41, 5.74) is 0.682. The van der Waals surface area contributed by atoms with Gasteiger partial charge in [-0.2, -0.15) is 0 Å². The number of carbonyl (C=O) groups is 1. The Balaban J connectivity index is 1.48. The smallest absolute Gasteiger partial charge is 0.270 e. The van der Waals surface area contributed by atoms with Crippen LogP contribution in [0.1, 0.15) is 47.9 Å². The van der Waals surface area contributed by atoms with Gasteiger partial charge in [-0.1, -0.05) is 0 Å². The van der Waals surface area contributed by atoms with E-state index < -0.39 is 0 Å². The molecule has 1 saturated heterocycles. The molecule has 4 rings (SSSR count). The van der Waals surface area contributed by atoms with Crippen LogP contribution in [-0.2, 0) is 6.54 Å². The fraction of sp³-hybridized carbons (Fsp3) is 0.529. The Hall–Kier alpha value is -2.04. The largest absolute Gasteiger partial charge is 0.357 e. The summed E-state index contributed by atoms with van der Waals surface area (Å²) in [5, 5.41) is 0. The SMILES string of the molecule is O=C(c1ccc[nH]1)N1CCC[C@@H](c2nccn2CC2CC2)C1. The molecule has 1 aliphatic heterocycles. The molecule has 22 heavy (non-hydrogen) atoms. The molecule has 2 fully saturated rings. The third-order valence-electron chi connectivity index (χ3n) is 4.80. The van der Waals surface area contributed by atoms with Gasteiger partial charge in [-0.25, -0.2) is 4.98 Å². The Bertz CT molecular complexity index is 641. The summed E-state index contributed by atoms with van der Waals surface area (Å²) in [6, 6.07) is 3.72. The fourth-order valence-electron chi connectivity index (χ4n) is 3.42. The maximum Gasteiger partial charge on any atom is 0.270 e. The molecule has 1 atom stereocenters. The number of hydrogen-bond acceptors (Lipinski definition) is 2. The van der Waals surface area contributed by atoms with E-state index in [0.717, 1.165) is 44.2 Å². The van der Waals surface area contributed by atoms with Crippen molar-refractivity contribution < 1.29 is 4.79 Å². The second-order valence-electron chi connectivity index (χ2n) is 6.56. The Labute approximate surface area is 130 Å². The van der Waals surface area contributed by atoms with Gasteiger partial charge in [0, 0.05) is 44.1 Å². The van der Waals surface area contributed by atoms with Gasteiger partial charge in [-0.15, -0.1) is 0 Å². The van der Waals surface area contributed by atoms with E-state index in [4.69, 9.17) is 0 Å². The van der Waals surface area contributed by atoms with Gasteiger partial charge in [0.25, 0.3) is 5.91 Å². The molecule has 5 nitrogen and oxygen atoms in total. The number of H-pyrrole nitrogens is 1. The molecule has 1 aliphatic carbocycles. The molecule has 2 aromatic heterocycles. The summed E-state index contributed by atoms with van der Waals surface area (Å²) in [6.07, 6.45) is 10.7. The molecular formula is C17H22N4O. The average Bonchev–Trinajstić information content (AvgIpc) is 3.04. The maximum absolute atomic E-state index is 12.5. The first-order valence-corrected chi connectivity index (χ1v) is 8.25. The average molecular weight is 298 g/mol. The summed E-state index contributed by atoms with van der Waals surface area (Å²) < 4.78 is 2.31. The van der Waals surface area contributed by atoms with E-state index in [-0.39, 0.29) is 5.91 Å². The minimum absolute atomic E-state index is 0.106. The predicted octanol–water partition coefficient (Wildman–Crippen LogP) is 2.64. The summed E-state index contributed by atoms with van der Waals surface area (Å²) in [5.74, 6) is 2.47. The van der Waals surface area contributed by atoms with E-state index in [2.05, 4.69) is 20.7 Å². The van der Waals surface area contributed by atoms with Crippen LogP contribution in [0, 0.1) is 5.92 Å². The topological polar surface area (TPSA) is 53.9 Å². The third-order valence-corrected chi connectivity index (χ3v) is 4.80. The molecule has 0 bridgehead atoms. The van der Waals surface area contributed by atoms with Crippen LogP contribution in [0.3, 0.4) is 0 Å². The standard InChI is InChI=1S/C17H22N4O/c22-17(15-4-1-7-18-15)21-9-2-3-14(12-21)16-19-8-10-20(16)11-13-5-6-13/h1,4,7-8,10,13-14,18H,2-3,5-6,9,11-12H2/t14-/m1/s1. The second-order valence-corrected chi connectivity index (χ2v) is 6.56. The normalized spacial score (nSPS) is 22.0. The van der Waals surface area contributed by atoms with E-state index in [1.807, 2.05) is 23.2 Å². The number of aromatic amines is 1. The number of aromatic nitrogens is 3. The third kappa shape index (κ3) is 2.67. The lowest BCUT2D eigenvalue weighted by atomic mass is 9.96. The first kappa shape index (κ1) is 13.6. The second kappa shape index (κ2) is 5.63. The van der Waals surface area contributed by atoms with E-state index >= 15 is 0 Å². The zero-order chi connectivity index (χ0) is 14.9. The van der Waals surface area contributed by atoms with Crippen LogP contribution in [0.4, 0.5) is 0 Å². The van der Waals surface area contributed by atoms with Crippen LogP contribution >= 0.6 is 0 Å². The van der Waals surface area contributed by atoms with Crippen LogP contribution < -0.4 is 0 Å². The lowest BCUT2D eigenvalue weighted by molar-refractivity contribution is 0.0698. The summed E-state index contributed by atoms with van der Waals surface area (Å²) in [6.45, 7) is 2.72. The maximum atomic E-state index is 12.5. The van der Waals surface area contributed by atoms with Gasteiger partial charge < -0.3 is 14.5 Å². The number of nitrogens with zero attached hydrogens (tertiary/aromatic N) is 3. The minimum Gasteiger partial charge on any atom is -0.357 e. The van der Waals surface area contributed by atoms with Crippen molar-refractivity contribution in [2.75, 3.05) is 13.1 Å². The van der Waals surface area contributed by atoms with Gasteiger partial charge in [0.05, 0.1) is 0 Å². The van der Waals surface area contributed by atoms with Gasteiger partial charge in [-0.3, -0.25) is 4.79 Å². The minimum atomic E-state index is 0.106. The Morgan fingerprint density at radius 3 is 3.05 bits per heavy atom. The molecule has 0 unspecified atom stereocenters. The number of piperidine rings is 1. The van der Waals surface area contributed by atoms with Gasteiger partial charge >= 0.3 is 0 Å². The van der Waals surface area contributed by atoms with Crippen LogP contribution in [0.5, 0.6) is 0 Å². The number of carbonyl (C=O) groups excluding carboxylic acids is 1. The molecule has 1 saturated carbocycles. The van der Waals surface area contributed by atoms with E-state index in [1.165, 1.54) is 12.8 Å². The monoisotopic (exact) mass is 298 g/mol. The lowest BCUT2D eigenvalue weighted by Gasteiger charge is -2.32. The van der Waals surface area contributed by atoms with Crippen molar-refractivity contribution in [3.63, 3.8) is 0 Å². The molecule has 1 N–H and O–H groups in total. The van der Waals surface area contributed by atoms with Crippen LogP contribution in [0.2, 0.25) is 0 Å². The number of amides is 1. The molecule has 116 valence electrons. The first-order chi connectivity index (χ1) is 10.8. The zero-order valence-corrected chi connectivity index (χ0v) is 12.7. The molecule has 0 aromatic carbocycles. The quantitative estimate of drug-likeness (QED) is 0.943. The van der Waals surface area contributed by atoms with Gasteiger partial charge in [0.2, 0.25) is 0 Å². The Morgan fingerprint density at radius 1 is 1.36 bits per heavy atom. The highest BCUT2D eigenvalue weighted by Crippen LogP contribution is 2.33. The van der Waals surface area contributed by atoms with Crippen LogP contribution in [0.25, 0.3) is 0 Å². The lowest BCUT2D eigenvalue weighted by Crippen LogP contribution is -2.40. The van der Waals surface area contributed by atoms with Crippen molar-refractivity contribution in [1.82, 2.24) is 19.4 Å². The molecule has 2 aliphatic rings. The highest BCUT2D eigenvalue weighted by atomic mass is 16.2. The number of rotatable bonds is 4. The summed E-state index contributed by atoms with van der Waals surface area (Å²) in [7, 11) is 0. The summed E-state index contributed by atoms with van der Waals surface area (Å²) in [4.78, 5) is 22.1. The number of nitrogens with one attached hydrogen (secondary N) is 1. The first-order valence-electron chi connectivity index (χ1n) is 8.25. The van der Waals surface area contributed by atoms with Crippen LogP contribution in [-0.4, -0.2) is 38.4 Å². The molecule has 2 aromatic rings. The van der Waals surface area contributed by atoms with E-state index in [0.29, 0.717) is 11.6 Å². The van der Waals surface area contributed by atoms with Gasteiger partial charge in [-0.05, 0) is 43.7 Å². The van der Waals surface area contributed by atoms with Gasteiger partial charge in [0.15, 0.2) is 0 Å². The van der Waals surface area contributed by atoms with Crippen molar-refractivity contribution in [1.29, 1.82) is 0 Å². The van der Waals surface area contributed by atoms with Crippen molar-refractivity contribution in [3.05, 3.63) is 42.2 Å². The summed E-state index contributed by atoms with van der Waals surface area (Å²) >= 11 is 0. The number of likely N-dealkylation sites (tertiary alicyclic amines) is 1. The van der Waals surface area contributed by atoms with Crippen molar-refractivity contribution >= 4 is 5.91 Å². The Morgan fingerprint density at radius 2 is 2.27 bits per heavy atom. The molecule has 0 radical (unpaired) electrons. The van der Waals surface area contributed by atoms with Crippen molar-refractivity contribution in [3.8, 4) is 0 Å². The number of hydrogen-bond donors (Lipinski definition) is 1. The van der Waals surface area contributed by atoms with Crippen LogP contribution in [0.15, 0.2) is 30.7 Å². The van der Waals surface area contributed by atoms with Crippen molar-refractivity contribution in [2.24, 2.45) is 5.92 Å². The molecule has 1 amide bonds. The van der Waals surface area contributed by atoms with E-state index in [1.54, 1.807) is 6.20 Å². The molecular weight excluding hydrogens is 276 g/mol. The van der Waals surface area contributed by atoms with E-state index in [9.17, 15) is 4.79 Å².